The van der Waals surface area contributed by atoms with Crippen LogP contribution in [-0.4, -0.2) is 59.4 Å². The van der Waals surface area contributed by atoms with E-state index in [9.17, 15) is 4.79 Å². The van der Waals surface area contributed by atoms with Crippen molar-refractivity contribution in [2.24, 2.45) is 5.73 Å². The van der Waals surface area contributed by atoms with Gasteiger partial charge in [0, 0.05) is 37.6 Å². The molecule has 1 amide bonds. The maximum Gasteiger partial charge on any atom is 0.255 e. The van der Waals surface area contributed by atoms with Crippen molar-refractivity contribution in [1.82, 2.24) is 20.1 Å². The van der Waals surface area contributed by atoms with Crippen molar-refractivity contribution in [3.63, 3.8) is 0 Å². The predicted octanol–water partition coefficient (Wildman–Crippen LogP) is 1.92. The number of H-pyrrole nitrogens is 1. The van der Waals surface area contributed by atoms with Crippen LogP contribution in [-0.2, 0) is 16.1 Å². The number of hydrogen-bond acceptors (Lipinski definition) is 7. The fraction of sp³-hybridized carbons (Fsp3) is 0.318. The molecule has 4 rings (SSSR count). The van der Waals surface area contributed by atoms with E-state index in [0.717, 1.165) is 42.1 Å². The van der Waals surface area contributed by atoms with Gasteiger partial charge in [-0.15, -0.1) is 0 Å². The van der Waals surface area contributed by atoms with Crippen LogP contribution in [0.25, 0.3) is 11.3 Å². The van der Waals surface area contributed by atoms with Gasteiger partial charge in [0.2, 0.25) is 0 Å². The van der Waals surface area contributed by atoms with Gasteiger partial charge in [-0.05, 0) is 35.9 Å². The summed E-state index contributed by atoms with van der Waals surface area (Å²) in [7, 11) is 1.57. The third kappa shape index (κ3) is 5.19. The van der Waals surface area contributed by atoms with Gasteiger partial charge in [-0.1, -0.05) is 6.07 Å². The van der Waals surface area contributed by atoms with E-state index in [1.807, 2.05) is 36.5 Å². The summed E-state index contributed by atoms with van der Waals surface area (Å²) in [4.78, 5) is 17.9. The van der Waals surface area contributed by atoms with Crippen LogP contribution in [0.4, 0.5) is 0 Å². The highest BCUT2D eigenvalue weighted by molar-refractivity contribution is 5.75. The molecule has 1 aliphatic heterocycles. The van der Waals surface area contributed by atoms with E-state index in [0.29, 0.717) is 18.1 Å². The van der Waals surface area contributed by atoms with Gasteiger partial charge in [-0.3, -0.25) is 19.8 Å². The molecule has 2 aromatic heterocycles. The van der Waals surface area contributed by atoms with E-state index in [2.05, 4.69) is 20.1 Å². The molecule has 0 spiro atoms. The van der Waals surface area contributed by atoms with Crippen LogP contribution in [0, 0.1) is 0 Å². The summed E-state index contributed by atoms with van der Waals surface area (Å²) in [5.74, 6) is 0.530. The predicted molar refractivity (Wildman–Crippen MR) is 113 cm³/mol. The Morgan fingerprint density at radius 2 is 2.19 bits per heavy atom. The Labute approximate surface area is 180 Å². The molecule has 3 heterocycles. The third-order valence-electron chi connectivity index (χ3n) is 5.08. The zero-order valence-electron chi connectivity index (χ0n) is 17.3. The van der Waals surface area contributed by atoms with E-state index in [1.165, 1.54) is 0 Å². The highest BCUT2D eigenvalue weighted by Crippen LogP contribution is 2.29. The van der Waals surface area contributed by atoms with Gasteiger partial charge in [0.05, 0.1) is 25.1 Å². The molecule has 0 aliphatic carbocycles. The number of benzene rings is 1. The van der Waals surface area contributed by atoms with Gasteiger partial charge in [0.1, 0.15) is 6.10 Å². The Kier molecular flexibility index (Phi) is 6.44. The van der Waals surface area contributed by atoms with E-state index in [1.54, 1.807) is 19.4 Å². The van der Waals surface area contributed by atoms with Gasteiger partial charge >= 0.3 is 0 Å². The molecule has 9 nitrogen and oxygen atoms in total. The summed E-state index contributed by atoms with van der Waals surface area (Å²) in [6.07, 6.45) is 3.46. The second-order valence-electron chi connectivity index (χ2n) is 7.28. The zero-order chi connectivity index (χ0) is 21.6. The Morgan fingerprint density at radius 1 is 1.29 bits per heavy atom. The number of nitrogens with zero attached hydrogens (tertiary/aromatic N) is 3. The highest BCUT2D eigenvalue weighted by atomic mass is 16.5. The maximum absolute atomic E-state index is 11.0. The SMILES string of the molecule is COc1cc(CN2CCO[C@@H](c3ccc(-c4ccn[nH]4)cn3)C2)ccc1OCC(N)=O. The number of methoxy groups -OCH3 is 1. The van der Waals surface area contributed by atoms with Gasteiger partial charge in [0.15, 0.2) is 18.1 Å². The largest absolute Gasteiger partial charge is 0.493 e. The van der Waals surface area contributed by atoms with E-state index < -0.39 is 5.91 Å². The fourth-order valence-electron chi connectivity index (χ4n) is 3.53. The van der Waals surface area contributed by atoms with Crippen molar-refractivity contribution >= 4 is 5.91 Å². The number of morpholine rings is 1. The molecule has 0 saturated carbocycles. The minimum Gasteiger partial charge on any atom is -0.493 e. The molecule has 1 aromatic carbocycles. The van der Waals surface area contributed by atoms with E-state index in [-0.39, 0.29) is 12.7 Å². The fourth-order valence-corrected chi connectivity index (χ4v) is 3.53. The average Bonchev–Trinajstić information content (AvgIpc) is 3.33. The third-order valence-corrected chi connectivity index (χ3v) is 5.08. The first-order valence-corrected chi connectivity index (χ1v) is 10.00. The average molecular weight is 423 g/mol. The quantitative estimate of drug-likeness (QED) is 0.569. The Hall–Kier alpha value is -3.43. The zero-order valence-corrected chi connectivity index (χ0v) is 17.3. The number of nitrogens with two attached hydrogens (primary N) is 1. The van der Waals surface area contributed by atoms with Crippen molar-refractivity contribution in [2.75, 3.05) is 33.4 Å². The number of carbonyl (C=O) groups is 1. The number of aromatic nitrogens is 3. The number of rotatable bonds is 8. The lowest BCUT2D eigenvalue weighted by molar-refractivity contribution is -0.119. The van der Waals surface area contributed by atoms with Crippen molar-refractivity contribution in [1.29, 1.82) is 0 Å². The Balaban J connectivity index is 1.40. The number of carbonyl (C=O) groups excluding carboxylic acids is 1. The number of pyridine rings is 1. The maximum atomic E-state index is 11.0. The first-order chi connectivity index (χ1) is 15.1. The molecule has 1 atom stereocenters. The van der Waals surface area contributed by atoms with Crippen LogP contribution < -0.4 is 15.2 Å². The second kappa shape index (κ2) is 9.59. The molecule has 1 aliphatic rings. The molecule has 0 radical (unpaired) electrons. The topological polar surface area (TPSA) is 116 Å². The van der Waals surface area contributed by atoms with E-state index >= 15 is 0 Å². The summed E-state index contributed by atoms with van der Waals surface area (Å²) in [5, 5.41) is 6.92. The standard InChI is InChI=1S/C22H25N5O4/c1-29-20-10-15(2-5-19(20)31-14-22(23)28)12-27-8-9-30-21(13-27)18-4-3-16(11-24-18)17-6-7-25-26-17/h2-7,10-11,21H,8-9,12-14H2,1H3,(H2,23,28)(H,25,26)/t21-/m1/s1. The molecule has 162 valence electrons. The molecule has 3 aromatic rings. The number of amides is 1. The van der Waals surface area contributed by atoms with Crippen LogP contribution in [0.1, 0.15) is 17.4 Å². The normalized spacial score (nSPS) is 16.7. The summed E-state index contributed by atoms with van der Waals surface area (Å²) < 4.78 is 16.8. The van der Waals surface area contributed by atoms with Gasteiger partial charge < -0.3 is 19.9 Å². The Bertz CT molecular complexity index is 1010. The lowest BCUT2D eigenvalue weighted by Crippen LogP contribution is -2.38. The lowest BCUT2D eigenvalue weighted by Gasteiger charge is -2.32. The summed E-state index contributed by atoms with van der Waals surface area (Å²) in [6.45, 7) is 2.74. The van der Waals surface area contributed by atoms with Crippen molar-refractivity contribution in [2.45, 2.75) is 12.6 Å². The monoisotopic (exact) mass is 423 g/mol. The second-order valence-corrected chi connectivity index (χ2v) is 7.28. The summed E-state index contributed by atoms with van der Waals surface area (Å²) in [6, 6.07) is 11.6. The van der Waals surface area contributed by atoms with Gasteiger partial charge in [-0.2, -0.15) is 5.10 Å². The molecule has 3 N–H and O–H groups in total. The van der Waals surface area contributed by atoms with Crippen LogP contribution in [0.2, 0.25) is 0 Å². The Morgan fingerprint density at radius 3 is 2.90 bits per heavy atom. The van der Waals surface area contributed by atoms with Crippen LogP contribution in [0.15, 0.2) is 48.8 Å². The van der Waals surface area contributed by atoms with Gasteiger partial charge in [0.25, 0.3) is 5.91 Å². The minimum absolute atomic E-state index is 0.0929. The lowest BCUT2D eigenvalue weighted by atomic mass is 10.1. The molecule has 9 heteroatoms. The first kappa shape index (κ1) is 20.8. The number of aromatic amines is 1. The van der Waals surface area contributed by atoms with Crippen molar-refractivity contribution in [3.05, 3.63) is 60.0 Å². The number of primary amides is 1. The smallest absolute Gasteiger partial charge is 0.255 e. The molecule has 0 unspecified atom stereocenters. The van der Waals surface area contributed by atoms with Crippen LogP contribution in [0.3, 0.4) is 0 Å². The van der Waals surface area contributed by atoms with Crippen molar-refractivity contribution < 1.29 is 19.0 Å². The molecule has 1 fully saturated rings. The molecule has 0 bridgehead atoms. The molecule has 31 heavy (non-hydrogen) atoms. The first-order valence-electron chi connectivity index (χ1n) is 10.00. The number of nitrogens with one attached hydrogen (secondary N) is 1. The molecule has 1 saturated heterocycles. The molecular weight excluding hydrogens is 398 g/mol. The number of ether oxygens (including phenoxy) is 3. The molecular formula is C22H25N5O4. The van der Waals surface area contributed by atoms with Crippen LogP contribution in [0.5, 0.6) is 11.5 Å². The minimum atomic E-state index is -0.531. The number of hydrogen-bond donors (Lipinski definition) is 2. The highest BCUT2D eigenvalue weighted by Gasteiger charge is 2.23. The van der Waals surface area contributed by atoms with Crippen LogP contribution >= 0.6 is 0 Å². The summed E-state index contributed by atoms with van der Waals surface area (Å²) in [5.41, 5.74) is 9.04. The summed E-state index contributed by atoms with van der Waals surface area (Å²) >= 11 is 0. The van der Waals surface area contributed by atoms with Crippen molar-refractivity contribution in [3.8, 4) is 22.8 Å². The van der Waals surface area contributed by atoms with E-state index in [4.69, 9.17) is 19.9 Å². The van der Waals surface area contributed by atoms with Gasteiger partial charge in [-0.25, -0.2) is 0 Å².